The zero-order chi connectivity index (χ0) is 32.8. The third-order valence-corrected chi connectivity index (χ3v) is 8.61. The number of ether oxygens (including phenoxy) is 1. The van der Waals surface area contributed by atoms with Crippen LogP contribution in [0.2, 0.25) is 0 Å². The minimum Gasteiger partial charge on any atom is -0.384 e. The van der Waals surface area contributed by atoms with Gasteiger partial charge < -0.3 is 15.4 Å². The number of para-hydroxylation sites is 1. The molecule has 0 aliphatic carbocycles. The highest BCUT2D eigenvalue weighted by molar-refractivity contribution is 7.22. The average Bonchev–Trinajstić information content (AvgIpc) is 3.41. The van der Waals surface area contributed by atoms with Gasteiger partial charge in [-0.3, -0.25) is 14.2 Å². The van der Waals surface area contributed by atoms with E-state index < -0.39 is 35.5 Å². The number of carbonyl (C=O) groups is 1. The number of fused-ring (bicyclic) bond motifs is 1. The van der Waals surface area contributed by atoms with Crippen molar-refractivity contribution in [3.63, 3.8) is 0 Å². The molecule has 0 spiro atoms. The number of benzene rings is 3. The van der Waals surface area contributed by atoms with E-state index in [0.717, 1.165) is 16.7 Å². The Morgan fingerprint density at radius 2 is 1.63 bits per heavy atom. The Morgan fingerprint density at radius 1 is 0.935 bits per heavy atom. The largest absolute Gasteiger partial charge is 0.384 e. The van der Waals surface area contributed by atoms with Gasteiger partial charge in [0.05, 0.1) is 24.7 Å². The SMILES string of the molecule is COCC(C)CNCc1c(-c2ccc(NC(=O)NOC)cc2)sc2c1c(=O)n(-c1ccccc1)c(=O)n2Cc1c(F)cccc1F. The summed E-state index contributed by atoms with van der Waals surface area (Å²) in [6, 6.07) is 18.3. The summed E-state index contributed by atoms with van der Waals surface area (Å²) < 4.78 is 37.4. The van der Waals surface area contributed by atoms with Crippen LogP contribution >= 0.6 is 11.3 Å². The molecule has 0 aliphatic rings. The monoisotopic (exact) mass is 649 g/mol. The van der Waals surface area contributed by atoms with Crippen LogP contribution in [0.5, 0.6) is 0 Å². The summed E-state index contributed by atoms with van der Waals surface area (Å²) in [6.45, 7) is 2.96. The van der Waals surface area contributed by atoms with Crippen molar-refractivity contribution in [2.75, 3.05) is 32.7 Å². The number of anilines is 1. The molecule has 5 aromatic rings. The molecule has 0 saturated carbocycles. The lowest BCUT2D eigenvalue weighted by Gasteiger charge is -2.14. The van der Waals surface area contributed by atoms with Crippen molar-refractivity contribution in [2.24, 2.45) is 5.92 Å². The molecule has 46 heavy (non-hydrogen) atoms. The van der Waals surface area contributed by atoms with Crippen molar-refractivity contribution in [3.8, 4) is 16.1 Å². The van der Waals surface area contributed by atoms with Gasteiger partial charge in [0.2, 0.25) is 0 Å². The van der Waals surface area contributed by atoms with Crippen molar-refractivity contribution >= 4 is 33.3 Å². The van der Waals surface area contributed by atoms with E-state index in [9.17, 15) is 23.2 Å². The summed E-state index contributed by atoms with van der Waals surface area (Å²) in [4.78, 5) is 45.9. The number of hydrogen-bond acceptors (Lipinski definition) is 7. The number of amides is 2. The van der Waals surface area contributed by atoms with Gasteiger partial charge >= 0.3 is 11.7 Å². The minimum absolute atomic E-state index is 0.171. The van der Waals surface area contributed by atoms with Gasteiger partial charge in [0, 0.05) is 42.9 Å². The standard InChI is InChI=1S/C33H33F2N5O5S/c1-20(19-44-2)16-36-17-24-28-30(41)40(23-8-5-4-6-9-23)33(43)39(18-25-26(34)10-7-11-27(25)35)31(28)46-29(24)21-12-14-22(15-13-21)37-32(42)38-45-3/h4-15,20,36H,16-19H2,1-3H3,(H2,37,38,42). The Morgan fingerprint density at radius 3 is 2.28 bits per heavy atom. The van der Waals surface area contributed by atoms with Gasteiger partial charge in [-0.05, 0) is 53.4 Å². The van der Waals surface area contributed by atoms with Crippen molar-refractivity contribution in [2.45, 2.75) is 20.0 Å². The Kier molecular flexibility index (Phi) is 10.4. The first-order valence-corrected chi connectivity index (χ1v) is 15.2. The fourth-order valence-corrected chi connectivity index (χ4v) is 6.51. The Hall–Kier alpha value is -4.69. The Bertz CT molecular complexity index is 1940. The molecule has 0 aliphatic heterocycles. The fraction of sp³-hybridized carbons (Fsp3) is 0.242. The van der Waals surface area contributed by atoms with Gasteiger partial charge in [-0.1, -0.05) is 43.3 Å². The van der Waals surface area contributed by atoms with Crippen LogP contribution in [0.4, 0.5) is 19.3 Å². The number of urea groups is 1. The number of rotatable bonds is 12. The second-order valence-corrected chi connectivity index (χ2v) is 11.7. The summed E-state index contributed by atoms with van der Waals surface area (Å²) in [7, 11) is 2.95. The topological polar surface area (TPSA) is 116 Å². The van der Waals surface area contributed by atoms with Crippen molar-refractivity contribution < 1.29 is 23.1 Å². The van der Waals surface area contributed by atoms with E-state index in [0.29, 0.717) is 40.5 Å². The van der Waals surface area contributed by atoms with E-state index in [-0.39, 0.29) is 28.2 Å². The number of hydroxylamine groups is 1. The molecule has 0 saturated heterocycles. The van der Waals surface area contributed by atoms with Crippen LogP contribution in [0.15, 0.2) is 82.4 Å². The number of halogens is 2. The van der Waals surface area contributed by atoms with Gasteiger partial charge in [0.25, 0.3) is 5.56 Å². The third-order valence-electron chi connectivity index (χ3n) is 7.31. The maximum atomic E-state index is 14.9. The highest BCUT2D eigenvalue weighted by Gasteiger charge is 2.25. The zero-order valence-corrected chi connectivity index (χ0v) is 26.3. The van der Waals surface area contributed by atoms with Gasteiger partial charge in [-0.15, -0.1) is 11.3 Å². The normalized spacial score (nSPS) is 11.9. The number of aromatic nitrogens is 2. The molecule has 2 aromatic heterocycles. The number of hydrogen-bond donors (Lipinski definition) is 3. The predicted molar refractivity (Wildman–Crippen MR) is 174 cm³/mol. The van der Waals surface area contributed by atoms with E-state index in [2.05, 4.69) is 21.0 Å². The second kappa shape index (κ2) is 14.6. The molecule has 0 fully saturated rings. The minimum atomic E-state index is -0.802. The van der Waals surface area contributed by atoms with E-state index in [4.69, 9.17) is 4.74 Å². The van der Waals surface area contributed by atoms with Crippen molar-refractivity contribution in [1.82, 2.24) is 19.9 Å². The molecule has 1 unspecified atom stereocenters. The number of carbonyl (C=O) groups excluding carboxylic acids is 1. The van der Waals surface area contributed by atoms with Crippen LogP contribution in [0.25, 0.3) is 26.3 Å². The summed E-state index contributed by atoms with van der Waals surface area (Å²) in [5, 5.41) is 6.31. The van der Waals surface area contributed by atoms with Gasteiger partial charge in [-0.2, -0.15) is 0 Å². The van der Waals surface area contributed by atoms with Crippen LogP contribution in [-0.2, 0) is 22.7 Å². The van der Waals surface area contributed by atoms with Crippen LogP contribution in [0.3, 0.4) is 0 Å². The number of nitrogens with zero attached hydrogens (tertiary/aromatic N) is 2. The predicted octanol–water partition coefficient (Wildman–Crippen LogP) is 5.26. The number of thiophene rings is 1. The highest BCUT2D eigenvalue weighted by Crippen LogP contribution is 2.38. The first-order chi connectivity index (χ1) is 22.2. The molecule has 3 N–H and O–H groups in total. The zero-order valence-electron chi connectivity index (χ0n) is 25.4. The fourth-order valence-electron chi connectivity index (χ4n) is 5.20. The van der Waals surface area contributed by atoms with Crippen molar-refractivity contribution in [1.29, 1.82) is 0 Å². The van der Waals surface area contributed by atoms with E-state index in [1.807, 2.05) is 6.92 Å². The molecule has 0 bridgehead atoms. The lowest BCUT2D eigenvalue weighted by molar-refractivity contribution is 0.114. The molecule has 1 atom stereocenters. The molecular weight excluding hydrogens is 616 g/mol. The first kappa shape index (κ1) is 32.7. The molecule has 2 amide bonds. The smallest absolute Gasteiger partial charge is 0.343 e. The maximum absolute atomic E-state index is 14.9. The molecular formula is C33H33F2N5O5S. The summed E-state index contributed by atoms with van der Waals surface area (Å²) >= 11 is 1.18. The van der Waals surface area contributed by atoms with Gasteiger partial charge in [0.1, 0.15) is 16.5 Å². The van der Waals surface area contributed by atoms with Crippen LogP contribution in [-0.4, -0.2) is 42.5 Å². The lowest BCUT2D eigenvalue weighted by Crippen LogP contribution is -2.39. The quantitative estimate of drug-likeness (QED) is 0.159. The van der Waals surface area contributed by atoms with Gasteiger partial charge in [-0.25, -0.2) is 28.4 Å². The second-order valence-electron chi connectivity index (χ2n) is 10.7. The first-order valence-electron chi connectivity index (χ1n) is 14.4. The van der Waals surface area contributed by atoms with E-state index >= 15 is 0 Å². The number of methoxy groups -OCH3 is 1. The number of nitrogens with one attached hydrogen (secondary N) is 3. The third kappa shape index (κ3) is 6.92. The molecule has 10 nitrogen and oxygen atoms in total. The molecule has 13 heteroatoms. The Labute approximate surface area is 267 Å². The summed E-state index contributed by atoms with van der Waals surface area (Å²) in [6.07, 6.45) is 0. The van der Waals surface area contributed by atoms with Crippen LogP contribution < -0.4 is 27.4 Å². The highest BCUT2D eigenvalue weighted by atomic mass is 32.1. The van der Waals surface area contributed by atoms with Crippen molar-refractivity contribution in [3.05, 3.63) is 116 Å². The molecule has 3 aromatic carbocycles. The average molecular weight is 650 g/mol. The lowest BCUT2D eigenvalue weighted by atomic mass is 10.1. The van der Waals surface area contributed by atoms with Crippen LogP contribution in [0, 0.1) is 17.6 Å². The summed E-state index contributed by atoms with van der Waals surface area (Å²) in [5.41, 5.74) is 2.77. The van der Waals surface area contributed by atoms with E-state index in [1.165, 1.54) is 29.1 Å². The summed E-state index contributed by atoms with van der Waals surface area (Å²) in [5.74, 6) is -1.43. The Balaban J connectivity index is 1.74. The van der Waals surface area contributed by atoms with Gasteiger partial charge in [0.15, 0.2) is 0 Å². The molecule has 5 rings (SSSR count). The molecule has 2 heterocycles. The molecule has 240 valence electrons. The maximum Gasteiger partial charge on any atom is 0.343 e. The van der Waals surface area contributed by atoms with Crippen LogP contribution in [0.1, 0.15) is 18.1 Å². The molecule has 0 radical (unpaired) electrons. The van der Waals surface area contributed by atoms with E-state index in [1.54, 1.807) is 61.7 Å².